The molecule has 2 aromatic carbocycles. The second-order valence-corrected chi connectivity index (χ2v) is 5.15. The number of fused-ring (bicyclic) bond motifs is 1. The van der Waals surface area contributed by atoms with Crippen LogP contribution in [0.25, 0.3) is 23.1 Å². The highest BCUT2D eigenvalue weighted by Crippen LogP contribution is 2.25. The Kier molecular flexibility index (Phi) is 4.24. The second kappa shape index (κ2) is 6.50. The van der Waals surface area contributed by atoms with Gasteiger partial charge in [0.2, 0.25) is 0 Å². The van der Waals surface area contributed by atoms with E-state index in [1.54, 1.807) is 49.6 Å². The minimum atomic E-state index is -0.458. The average Bonchev–Trinajstić information content (AvgIpc) is 2.60. The van der Waals surface area contributed by atoms with Crippen LogP contribution in [0.4, 0.5) is 0 Å². The maximum Gasteiger partial charge on any atom is 0.343 e. The van der Waals surface area contributed by atoms with Crippen molar-refractivity contribution in [2.24, 2.45) is 0 Å². The molecule has 1 aromatic heterocycles. The average molecular weight is 324 g/mol. The summed E-state index contributed by atoms with van der Waals surface area (Å²) in [5.74, 6) is 1.25. The van der Waals surface area contributed by atoms with Crippen molar-refractivity contribution in [3.8, 4) is 17.2 Å². The highest BCUT2D eigenvalue weighted by Gasteiger charge is 2.05. The Bertz CT molecular complexity index is 969. The fraction of sp³-hybridized carbons (Fsp3) is 0.105. The van der Waals surface area contributed by atoms with Crippen molar-refractivity contribution in [2.75, 3.05) is 14.2 Å². The number of benzene rings is 2. The highest BCUT2D eigenvalue weighted by molar-refractivity contribution is 5.82. The van der Waals surface area contributed by atoms with Gasteiger partial charge in [-0.25, -0.2) is 4.79 Å². The minimum absolute atomic E-state index is 0.0699. The zero-order valence-corrected chi connectivity index (χ0v) is 13.3. The Balaban J connectivity index is 1.97. The summed E-state index contributed by atoms with van der Waals surface area (Å²) >= 11 is 0. The number of methoxy groups -OCH3 is 2. The van der Waals surface area contributed by atoms with Gasteiger partial charge >= 0.3 is 5.63 Å². The van der Waals surface area contributed by atoms with Gasteiger partial charge in [-0.05, 0) is 36.4 Å². The lowest BCUT2D eigenvalue weighted by Gasteiger charge is -2.03. The summed E-state index contributed by atoms with van der Waals surface area (Å²) in [5.41, 5.74) is 0.969. The third kappa shape index (κ3) is 3.10. The number of phenols is 1. The molecule has 5 nitrogen and oxygen atoms in total. The van der Waals surface area contributed by atoms with E-state index in [2.05, 4.69) is 0 Å². The van der Waals surface area contributed by atoms with Crippen molar-refractivity contribution >= 4 is 23.1 Å². The highest BCUT2D eigenvalue weighted by atomic mass is 16.5. The molecule has 5 heteroatoms. The van der Waals surface area contributed by atoms with E-state index in [1.165, 1.54) is 13.2 Å². The topological polar surface area (TPSA) is 68.9 Å². The Labute approximate surface area is 138 Å². The molecule has 1 N–H and O–H groups in total. The largest absolute Gasteiger partial charge is 0.507 e. The lowest BCUT2D eigenvalue weighted by molar-refractivity contribution is 0.407. The van der Waals surface area contributed by atoms with E-state index >= 15 is 0 Å². The molecule has 0 fully saturated rings. The number of aromatic hydroxyl groups is 1. The molecule has 0 unspecified atom stereocenters. The van der Waals surface area contributed by atoms with E-state index in [0.717, 1.165) is 5.39 Å². The molecule has 24 heavy (non-hydrogen) atoms. The van der Waals surface area contributed by atoms with Crippen LogP contribution in [-0.2, 0) is 0 Å². The molecule has 0 aliphatic carbocycles. The van der Waals surface area contributed by atoms with E-state index in [-0.39, 0.29) is 5.75 Å². The van der Waals surface area contributed by atoms with Gasteiger partial charge in [0.1, 0.15) is 22.8 Å². The van der Waals surface area contributed by atoms with Crippen LogP contribution in [0.3, 0.4) is 0 Å². The van der Waals surface area contributed by atoms with Gasteiger partial charge in [-0.15, -0.1) is 0 Å². The van der Waals surface area contributed by atoms with Gasteiger partial charge in [0.05, 0.1) is 19.8 Å². The van der Waals surface area contributed by atoms with Crippen LogP contribution in [0.1, 0.15) is 11.1 Å². The predicted octanol–water partition coefficient (Wildman–Crippen LogP) is 3.69. The molecule has 3 rings (SSSR count). The standard InChI is InChI=1S/C19H16O5/c1-22-15-7-5-12(17(20)10-15)3-4-14-9-13-6-8-16(23-2)11-18(13)24-19(14)21/h3-11,20H,1-2H3. The lowest BCUT2D eigenvalue weighted by Crippen LogP contribution is -2.02. The number of hydrogen-bond acceptors (Lipinski definition) is 5. The van der Waals surface area contributed by atoms with Crippen molar-refractivity contribution in [1.82, 2.24) is 0 Å². The quantitative estimate of drug-likeness (QED) is 0.741. The summed E-state index contributed by atoms with van der Waals surface area (Å²) in [5, 5.41) is 10.7. The molecule has 0 spiro atoms. The molecule has 0 radical (unpaired) electrons. The first-order valence-electron chi connectivity index (χ1n) is 7.27. The van der Waals surface area contributed by atoms with Crippen molar-refractivity contribution in [3.63, 3.8) is 0 Å². The van der Waals surface area contributed by atoms with Crippen LogP contribution in [-0.4, -0.2) is 19.3 Å². The predicted molar refractivity (Wildman–Crippen MR) is 92.6 cm³/mol. The second-order valence-electron chi connectivity index (χ2n) is 5.15. The summed E-state index contributed by atoms with van der Waals surface area (Å²) in [6.45, 7) is 0. The molecular formula is C19H16O5. The van der Waals surface area contributed by atoms with Crippen molar-refractivity contribution < 1.29 is 19.0 Å². The SMILES string of the molecule is COc1ccc(C=Cc2cc3ccc(OC)cc3oc2=O)c(O)c1. The summed E-state index contributed by atoms with van der Waals surface area (Å²) in [6.07, 6.45) is 3.26. The smallest absolute Gasteiger partial charge is 0.343 e. The molecule has 0 bridgehead atoms. The molecule has 1 heterocycles. The van der Waals surface area contributed by atoms with Gasteiger partial charge < -0.3 is 19.0 Å². The van der Waals surface area contributed by atoms with E-state index in [0.29, 0.717) is 28.2 Å². The summed E-state index contributed by atoms with van der Waals surface area (Å²) in [6, 6.07) is 12.0. The van der Waals surface area contributed by atoms with E-state index in [4.69, 9.17) is 13.9 Å². The summed E-state index contributed by atoms with van der Waals surface area (Å²) in [4.78, 5) is 12.1. The van der Waals surface area contributed by atoms with Crippen LogP contribution in [0.5, 0.6) is 17.2 Å². The third-order valence-corrected chi connectivity index (χ3v) is 3.65. The Morgan fingerprint density at radius 1 is 0.917 bits per heavy atom. The number of rotatable bonds is 4. The van der Waals surface area contributed by atoms with Gasteiger partial charge in [0.25, 0.3) is 0 Å². The fourth-order valence-corrected chi connectivity index (χ4v) is 2.32. The van der Waals surface area contributed by atoms with Gasteiger partial charge in [-0.3, -0.25) is 0 Å². The molecule has 0 amide bonds. The summed E-state index contributed by atoms with van der Waals surface area (Å²) < 4.78 is 15.5. The zero-order chi connectivity index (χ0) is 17.1. The van der Waals surface area contributed by atoms with Gasteiger partial charge in [-0.1, -0.05) is 6.08 Å². The number of hydrogen-bond donors (Lipinski definition) is 1. The van der Waals surface area contributed by atoms with Crippen molar-refractivity contribution in [1.29, 1.82) is 0 Å². The molecule has 0 aliphatic heterocycles. The van der Waals surface area contributed by atoms with E-state index < -0.39 is 5.63 Å². The van der Waals surface area contributed by atoms with Crippen LogP contribution >= 0.6 is 0 Å². The van der Waals surface area contributed by atoms with E-state index in [9.17, 15) is 9.90 Å². The van der Waals surface area contributed by atoms with Crippen LogP contribution in [0, 0.1) is 0 Å². The molecule has 0 atom stereocenters. The molecule has 3 aromatic rings. The monoisotopic (exact) mass is 324 g/mol. The fourth-order valence-electron chi connectivity index (χ4n) is 2.32. The molecular weight excluding hydrogens is 308 g/mol. The Hall–Kier alpha value is -3.21. The van der Waals surface area contributed by atoms with Crippen LogP contribution in [0.2, 0.25) is 0 Å². The molecule has 0 aliphatic rings. The first kappa shape index (κ1) is 15.7. The lowest BCUT2D eigenvalue weighted by atomic mass is 10.1. The zero-order valence-electron chi connectivity index (χ0n) is 13.3. The van der Waals surface area contributed by atoms with Crippen LogP contribution < -0.4 is 15.1 Å². The number of phenolic OH excluding ortho intramolecular Hbond substituents is 1. The van der Waals surface area contributed by atoms with Gasteiger partial charge in [-0.2, -0.15) is 0 Å². The summed E-state index contributed by atoms with van der Waals surface area (Å²) in [7, 11) is 3.08. The minimum Gasteiger partial charge on any atom is -0.507 e. The maximum absolute atomic E-state index is 12.1. The van der Waals surface area contributed by atoms with Gasteiger partial charge in [0, 0.05) is 23.1 Å². The first-order valence-corrected chi connectivity index (χ1v) is 7.27. The maximum atomic E-state index is 12.1. The van der Waals surface area contributed by atoms with Gasteiger partial charge in [0.15, 0.2) is 0 Å². The molecule has 0 saturated heterocycles. The third-order valence-electron chi connectivity index (χ3n) is 3.65. The van der Waals surface area contributed by atoms with Crippen LogP contribution in [0.15, 0.2) is 51.7 Å². The normalized spacial score (nSPS) is 11.1. The molecule has 0 saturated carbocycles. The van der Waals surface area contributed by atoms with Crippen molar-refractivity contribution in [3.05, 3.63) is 64.0 Å². The Morgan fingerprint density at radius 3 is 2.29 bits per heavy atom. The molecule has 122 valence electrons. The number of ether oxygens (including phenoxy) is 2. The Morgan fingerprint density at radius 2 is 1.58 bits per heavy atom. The first-order chi connectivity index (χ1) is 11.6. The van der Waals surface area contributed by atoms with Crippen molar-refractivity contribution in [2.45, 2.75) is 0 Å². The van der Waals surface area contributed by atoms with E-state index in [1.807, 2.05) is 6.07 Å².